The topological polar surface area (TPSA) is 37.3 Å². The molecule has 90 valence electrons. The average Bonchev–Trinajstić information content (AvgIpc) is 2.45. The Morgan fingerprint density at radius 2 is 1.94 bits per heavy atom. The van der Waals surface area contributed by atoms with Gasteiger partial charge in [0, 0.05) is 17.3 Å². The molecule has 3 fully saturated rings. The summed E-state index contributed by atoms with van der Waals surface area (Å²) in [7, 11) is 0. The van der Waals surface area contributed by atoms with Crippen LogP contribution in [0.5, 0.6) is 0 Å². The van der Waals surface area contributed by atoms with Crippen LogP contribution in [-0.4, -0.2) is 17.0 Å². The minimum absolute atomic E-state index is 0.122. The van der Waals surface area contributed by atoms with Gasteiger partial charge in [-0.2, -0.15) is 0 Å². The van der Waals surface area contributed by atoms with E-state index in [0.29, 0.717) is 30.0 Å². The average molecular weight is 222 g/mol. The molecule has 0 saturated heterocycles. The molecule has 0 aliphatic heterocycles. The maximum Gasteiger partial charge on any atom is 0.140 e. The lowest BCUT2D eigenvalue weighted by molar-refractivity contribution is -0.199. The molecule has 1 unspecified atom stereocenters. The summed E-state index contributed by atoms with van der Waals surface area (Å²) in [6.45, 7) is 6.72. The van der Waals surface area contributed by atoms with Gasteiger partial charge in [-0.3, -0.25) is 4.79 Å². The molecule has 2 heteroatoms. The lowest BCUT2D eigenvalue weighted by Crippen LogP contribution is -2.65. The molecule has 0 amide bonds. The van der Waals surface area contributed by atoms with Gasteiger partial charge >= 0.3 is 0 Å². The number of carbonyl (C=O) groups is 1. The molecule has 4 atom stereocenters. The predicted octanol–water partition coefficient (Wildman–Crippen LogP) is 2.54. The fraction of sp³-hybridized carbons (Fsp3) is 0.929. The summed E-state index contributed by atoms with van der Waals surface area (Å²) in [5.41, 5.74) is 0.0289. The lowest BCUT2D eigenvalue weighted by atomic mass is 9.38. The van der Waals surface area contributed by atoms with Crippen molar-refractivity contribution in [3.63, 3.8) is 0 Å². The standard InChI is InChI=1S/C14H22O2/c1-12(2)8-14-9(12)6-7-13(14,3)10(15)4-5-11(14)16/h9-10,15H,4-8H2,1-3H3/t9-,10-,13?,14-/m1/s1. The number of carbonyl (C=O) groups excluding carboxylic acids is 1. The Labute approximate surface area is 97.4 Å². The van der Waals surface area contributed by atoms with Crippen molar-refractivity contribution in [3.8, 4) is 0 Å². The Morgan fingerprint density at radius 1 is 1.25 bits per heavy atom. The monoisotopic (exact) mass is 222 g/mol. The summed E-state index contributed by atoms with van der Waals surface area (Å²) >= 11 is 0. The summed E-state index contributed by atoms with van der Waals surface area (Å²) in [5.74, 6) is 0.967. The summed E-state index contributed by atoms with van der Waals surface area (Å²) in [6.07, 6.45) is 4.19. The first-order valence-electron chi connectivity index (χ1n) is 6.56. The van der Waals surface area contributed by atoms with Crippen molar-refractivity contribution >= 4 is 5.78 Å². The first-order valence-corrected chi connectivity index (χ1v) is 6.56. The third-order valence-corrected chi connectivity index (χ3v) is 6.12. The summed E-state index contributed by atoms with van der Waals surface area (Å²) in [4.78, 5) is 12.4. The first kappa shape index (κ1) is 10.8. The van der Waals surface area contributed by atoms with Gasteiger partial charge in [-0.05, 0) is 37.0 Å². The molecule has 3 aliphatic carbocycles. The molecule has 0 aromatic carbocycles. The van der Waals surface area contributed by atoms with Gasteiger partial charge in [0.25, 0.3) is 0 Å². The normalized spacial score (nSPS) is 54.1. The van der Waals surface area contributed by atoms with E-state index in [0.717, 1.165) is 19.3 Å². The van der Waals surface area contributed by atoms with Crippen molar-refractivity contribution < 1.29 is 9.90 Å². The van der Waals surface area contributed by atoms with Gasteiger partial charge in [-0.1, -0.05) is 20.8 Å². The fourth-order valence-corrected chi connectivity index (χ4v) is 5.29. The minimum atomic E-state index is -0.258. The van der Waals surface area contributed by atoms with Crippen molar-refractivity contribution in [3.05, 3.63) is 0 Å². The van der Waals surface area contributed by atoms with Crippen LogP contribution in [-0.2, 0) is 4.79 Å². The van der Waals surface area contributed by atoms with E-state index in [2.05, 4.69) is 20.8 Å². The molecule has 1 N–H and O–H groups in total. The Morgan fingerprint density at radius 3 is 2.56 bits per heavy atom. The Bertz CT molecular complexity index is 360. The number of ketones is 1. The third kappa shape index (κ3) is 0.883. The second kappa shape index (κ2) is 2.72. The molecule has 1 spiro atoms. The van der Waals surface area contributed by atoms with Gasteiger partial charge in [0.2, 0.25) is 0 Å². The Hall–Kier alpha value is -0.370. The van der Waals surface area contributed by atoms with E-state index >= 15 is 0 Å². The van der Waals surface area contributed by atoms with Crippen molar-refractivity contribution in [1.29, 1.82) is 0 Å². The number of hydrogen-bond acceptors (Lipinski definition) is 2. The summed E-state index contributed by atoms with van der Waals surface area (Å²) in [5, 5.41) is 10.3. The summed E-state index contributed by atoms with van der Waals surface area (Å²) < 4.78 is 0. The van der Waals surface area contributed by atoms with Gasteiger partial charge in [0.15, 0.2) is 0 Å². The van der Waals surface area contributed by atoms with E-state index < -0.39 is 0 Å². The van der Waals surface area contributed by atoms with Gasteiger partial charge in [0.05, 0.1) is 6.10 Å². The molecule has 16 heavy (non-hydrogen) atoms. The SMILES string of the molecule is CC1(C)C[C@@]23C(=O)CC[C@@H](O)C2(C)CC[C@H]13. The van der Waals surface area contributed by atoms with Crippen molar-refractivity contribution in [1.82, 2.24) is 0 Å². The highest BCUT2D eigenvalue weighted by Crippen LogP contribution is 2.76. The molecule has 0 radical (unpaired) electrons. The van der Waals surface area contributed by atoms with Crippen LogP contribution in [0.15, 0.2) is 0 Å². The molecule has 3 rings (SSSR count). The van der Waals surface area contributed by atoms with Crippen LogP contribution in [0, 0.1) is 22.2 Å². The van der Waals surface area contributed by atoms with E-state index in [1.807, 2.05) is 0 Å². The van der Waals surface area contributed by atoms with Crippen molar-refractivity contribution in [2.24, 2.45) is 22.2 Å². The molecule has 3 aliphatic rings. The van der Waals surface area contributed by atoms with E-state index in [-0.39, 0.29) is 16.9 Å². The molecular formula is C14H22O2. The molecular weight excluding hydrogens is 200 g/mol. The second-order valence-corrected chi connectivity index (χ2v) is 7.12. The van der Waals surface area contributed by atoms with Crippen LogP contribution in [0.4, 0.5) is 0 Å². The van der Waals surface area contributed by atoms with Crippen LogP contribution in [0.2, 0.25) is 0 Å². The largest absolute Gasteiger partial charge is 0.393 e. The lowest BCUT2D eigenvalue weighted by Gasteiger charge is -2.64. The van der Waals surface area contributed by atoms with Crippen LogP contribution < -0.4 is 0 Å². The van der Waals surface area contributed by atoms with Crippen LogP contribution >= 0.6 is 0 Å². The maximum absolute atomic E-state index is 12.4. The maximum atomic E-state index is 12.4. The molecule has 3 saturated carbocycles. The van der Waals surface area contributed by atoms with Crippen LogP contribution in [0.3, 0.4) is 0 Å². The molecule has 0 bridgehead atoms. The van der Waals surface area contributed by atoms with Crippen LogP contribution in [0.1, 0.15) is 52.9 Å². The summed E-state index contributed by atoms with van der Waals surface area (Å²) in [6, 6.07) is 0. The van der Waals surface area contributed by atoms with E-state index in [1.165, 1.54) is 0 Å². The van der Waals surface area contributed by atoms with Gasteiger partial charge in [0.1, 0.15) is 5.78 Å². The first-order chi connectivity index (χ1) is 7.34. The molecule has 0 aromatic rings. The Kier molecular flexibility index (Phi) is 1.83. The second-order valence-electron chi connectivity index (χ2n) is 7.12. The number of aliphatic hydroxyl groups is 1. The highest BCUT2D eigenvalue weighted by atomic mass is 16.3. The van der Waals surface area contributed by atoms with Crippen LogP contribution in [0.25, 0.3) is 0 Å². The fourth-order valence-electron chi connectivity index (χ4n) is 5.29. The molecule has 0 aromatic heterocycles. The number of aliphatic hydroxyl groups excluding tert-OH is 1. The predicted molar refractivity (Wildman–Crippen MR) is 61.9 cm³/mol. The smallest absolute Gasteiger partial charge is 0.140 e. The van der Waals surface area contributed by atoms with Crippen molar-refractivity contribution in [2.75, 3.05) is 0 Å². The van der Waals surface area contributed by atoms with E-state index in [4.69, 9.17) is 0 Å². The van der Waals surface area contributed by atoms with E-state index in [9.17, 15) is 9.90 Å². The van der Waals surface area contributed by atoms with Gasteiger partial charge in [-0.15, -0.1) is 0 Å². The van der Waals surface area contributed by atoms with Crippen molar-refractivity contribution in [2.45, 2.75) is 59.0 Å². The zero-order valence-electron chi connectivity index (χ0n) is 10.5. The molecule has 2 nitrogen and oxygen atoms in total. The third-order valence-electron chi connectivity index (χ3n) is 6.12. The number of hydrogen-bond donors (Lipinski definition) is 1. The molecule has 0 heterocycles. The highest BCUT2D eigenvalue weighted by molar-refractivity contribution is 5.89. The van der Waals surface area contributed by atoms with E-state index in [1.54, 1.807) is 0 Å². The zero-order chi connectivity index (χ0) is 11.8. The Balaban J connectivity index is 2.08. The zero-order valence-corrected chi connectivity index (χ0v) is 10.5. The quantitative estimate of drug-likeness (QED) is 0.684. The minimum Gasteiger partial charge on any atom is -0.393 e. The van der Waals surface area contributed by atoms with Gasteiger partial charge in [-0.25, -0.2) is 0 Å². The number of Topliss-reactive ketones (excluding diaryl/α,β-unsaturated/α-hetero) is 1. The van der Waals surface area contributed by atoms with Gasteiger partial charge < -0.3 is 5.11 Å². The highest BCUT2D eigenvalue weighted by Gasteiger charge is 2.74. The number of rotatable bonds is 0.